The van der Waals surface area contributed by atoms with Crippen LogP contribution in [-0.2, 0) is 36.9 Å². The van der Waals surface area contributed by atoms with Gasteiger partial charge in [0.25, 0.3) is 17.4 Å². The maximum Gasteiger partial charge on any atom is 0.333 e. The van der Waals surface area contributed by atoms with Crippen molar-refractivity contribution >= 4 is 28.8 Å². The molecule has 0 radical (unpaired) electrons. The summed E-state index contributed by atoms with van der Waals surface area (Å²) < 4.78 is 26.7. The summed E-state index contributed by atoms with van der Waals surface area (Å²) in [5.74, 6) is -1.08. The normalized spacial score (nSPS) is 19.4. The number of aromatic nitrogens is 3. The second kappa shape index (κ2) is 14.0. The van der Waals surface area contributed by atoms with E-state index >= 15 is 0 Å². The number of hydrogen-bond donors (Lipinski definition) is 0. The van der Waals surface area contributed by atoms with E-state index in [0.717, 1.165) is 67.7 Å². The van der Waals surface area contributed by atoms with Gasteiger partial charge in [-0.2, -0.15) is 0 Å². The first-order valence-electron chi connectivity index (χ1n) is 16.0. The Morgan fingerprint density at radius 2 is 1.87 bits per heavy atom. The molecule has 1 aromatic carbocycles. The van der Waals surface area contributed by atoms with Crippen molar-refractivity contribution in [2.45, 2.75) is 83.3 Å². The van der Waals surface area contributed by atoms with Gasteiger partial charge in [-0.3, -0.25) is 19.0 Å². The predicted octanol–water partition coefficient (Wildman–Crippen LogP) is 4.05. The molecule has 0 saturated carbocycles. The van der Waals surface area contributed by atoms with Crippen LogP contribution in [0.5, 0.6) is 0 Å². The number of carbonyl (C=O) groups is 3. The Bertz CT molecular complexity index is 1690. The van der Waals surface area contributed by atoms with E-state index in [-0.39, 0.29) is 49.3 Å². The highest BCUT2D eigenvalue weighted by Crippen LogP contribution is 2.33. The fourth-order valence-electron chi connectivity index (χ4n) is 6.48. The monoisotopic (exact) mass is 635 g/mol. The van der Waals surface area contributed by atoms with Crippen LogP contribution in [-0.4, -0.2) is 68.7 Å². The molecule has 2 saturated heterocycles. The number of benzene rings is 1. The van der Waals surface area contributed by atoms with E-state index in [1.165, 1.54) is 12.1 Å². The van der Waals surface area contributed by atoms with Gasteiger partial charge in [-0.1, -0.05) is 17.3 Å². The molecule has 6 rings (SSSR count). The van der Waals surface area contributed by atoms with Gasteiger partial charge < -0.3 is 19.0 Å². The van der Waals surface area contributed by atoms with Crippen LogP contribution in [0.2, 0.25) is 0 Å². The summed E-state index contributed by atoms with van der Waals surface area (Å²) in [5.41, 5.74) is 2.83. The largest absolute Gasteiger partial charge is 0.366 e. The molecule has 0 aliphatic carbocycles. The van der Waals surface area contributed by atoms with Gasteiger partial charge in [-0.15, -0.1) is 5.06 Å². The summed E-state index contributed by atoms with van der Waals surface area (Å²) in [6.07, 6.45) is 7.80. The fraction of sp³-hybridized carbons (Fsp3) is 0.515. The van der Waals surface area contributed by atoms with E-state index in [1.807, 2.05) is 6.92 Å². The topological polar surface area (TPSA) is 137 Å². The Kier molecular flexibility index (Phi) is 9.69. The third-order valence-corrected chi connectivity index (χ3v) is 9.02. The quantitative estimate of drug-likeness (QED) is 0.224. The molecular weight excluding hydrogens is 597 g/mol. The number of carbonyl (C=O) groups excluding carboxylic acids is 3. The van der Waals surface area contributed by atoms with Crippen LogP contribution in [0.4, 0.5) is 4.39 Å². The number of rotatable bonds is 11. The number of ether oxygens (including phenoxy) is 1. The van der Waals surface area contributed by atoms with Crippen molar-refractivity contribution in [3.63, 3.8) is 0 Å². The number of fused-ring (bicyclic) bond motifs is 2. The average molecular weight is 636 g/mol. The van der Waals surface area contributed by atoms with Crippen molar-refractivity contribution in [2.24, 2.45) is 0 Å². The molecule has 0 spiro atoms. The van der Waals surface area contributed by atoms with E-state index in [0.29, 0.717) is 35.9 Å². The summed E-state index contributed by atoms with van der Waals surface area (Å²) in [4.78, 5) is 60.7. The molecule has 1 unspecified atom stereocenters. The number of hydroxylamine groups is 2. The van der Waals surface area contributed by atoms with Gasteiger partial charge in [0.15, 0.2) is 5.58 Å². The number of aryl methyl sites for hydroxylation is 1. The number of amides is 2. The fourth-order valence-corrected chi connectivity index (χ4v) is 6.48. The Labute approximate surface area is 265 Å². The molecule has 1 atom stereocenters. The number of likely N-dealkylation sites (tertiary alicyclic amines) is 1. The first kappa shape index (κ1) is 31.7. The van der Waals surface area contributed by atoms with Crippen molar-refractivity contribution in [3.8, 4) is 0 Å². The number of piperidine rings is 1. The van der Waals surface area contributed by atoms with Crippen LogP contribution >= 0.6 is 0 Å². The van der Waals surface area contributed by atoms with Crippen molar-refractivity contribution in [1.29, 1.82) is 0 Å². The SMILES string of the molecule is Cc1nc2n(c(=O)c1CCN1CCC(c3noc4cc(F)ccc34)CC1)CCCC2OC/C=C/CCC(=O)ON1C(=O)CCC1=O. The van der Waals surface area contributed by atoms with Gasteiger partial charge in [-0.25, -0.2) is 14.2 Å². The third-order valence-electron chi connectivity index (χ3n) is 9.02. The van der Waals surface area contributed by atoms with Gasteiger partial charge >= 0.3 is 5.97 Å². The molecule has 5 heterocycles. The van der Waals surface area contributed by atoms with Crippen LogP contribution < -0.4 is 5.56 Å². The molecule has 3 aliphatic heterocycles. The zero-order valence-corrected chi connectivity index (χ0v) is 25.9. The third kappa shape index (κ3) is 6.95. The summed E-state index contributed by atoms with van der Waals surface area (Å²) >= 11 is 0. The molecule has 0 bridgehead atoms. The van der Waals surface area contributed by atoms with Crippen LogP contribution in [0.15, 0.2) is 39.7 Å². The second-order valence-corrected chi connectivity index (χ2v) is 12.1. The Morgan fingerprint density at radius 3 is 2.65 bits per heavy atom. The molecule has 2 fully saturated rings. The number of allylic oxidation sites excluding steroid dienone is 1. The maximum absolute atomic E-state index is 13.6. The molecular formula is C33H38FN5O7. The van der Waals surface area contributed by atoms with Gasteiger partial charge in [0.05, 0.1) is 18.7 Å². The van der Waals surface area contributed by atoms with Gasteiger partial charge in [0.2, 0.25) is 0 Å². The molecule has 3 aliphatic rings. The molecule has 46 heavy (non-hydrogen) atoms. The molecule has 3 aromatic rings. The van der Waals surface area contributed by atoms with Crippen LogP contribution in [0.1, 0.15) is 86.2 Å². The number of nitrogens with zero attached hydrogens (tertiary/aromatic N) is 5. The van der Waals surface area contributed by atoms with Crippen LogP contribution in [0, 0.1) is 12.7 Å². The zero-order valence-electron chi connectivity index (χ0n) is 25.9. The zero-order chi connectivity index (χ0) is 32.2. The number of imide groups is 1. The summed E-state index contributed by atoms with van der Waals surface area (Å²) in [7, 11) is 0. The molecule has 244 valence electrons. The first-order chi connectivity index (χ1) is 22.3. The summed E-state index contributed by atoms with van der Waals surface area (Å²) in [5, 5.41) is 5.66. The maximum atomic E-state index is 13.6. The van der Waals surface area contributed by atoms with Crippen LogP contribution in [0.3, 0.4) is 0 Å². The summed E-state index contributed by atoms with van der Waals surface area (Å²) in [6, 6.07) is 4.55. The van der Waals surface area contributed by atoms with E-state index in [9.17, 15) is 23.6 Å². The van der Waals surface area contributed by atoms with Gasteiger partial charge in [0, 0.05) is 54.6 Å². The minimum atomic E-state index is -0.645. The van der Waals surface area contributed by atoms with Crippen molar-refractivity contribution in [3.05, 3.63) is 69.3 Å². The van der Waals surface area contributed by atoms with Gasteiger partial charge in [0.1, 0.15) is 17.7 Å². The number of hydrogen-bond acceptors (Lipinski definition) is 10. The Hall–Kier alpha value is -4.23. The minimum absolute atomic E-state index is 0.00370. The molecule has 12 nitrogen and oxygen atoms in total. The van der Waals surface area contributed by atoms with E-state index in [1.54, 1.807) is 22.8 Å². The second-order valence-electron chi connectivity index (χ2n) is 12.1. The van der Waals surface area contributed by atoms with E-state index in [2.05, 4.69) is 10.1 Å². The lowest BCUT2D eigenvalue weighted by Crippen LogP contribution is -2.38. The number of halogens is 1. The molecule has 2 aromatic heterocycles. The lowest BCUT2D eigenvalue weighted by Gasteiger charge is -2.31. The van der Waals surface area contributed by atoms with Gasteiger partial charge in [-0.05, 0) is 70.7 Å². The lowest BCUT2D eigenvalue weighted by molar-refractivity contribution is -0.197. The van der Waals surface area contributed by atoms with Crippen LogP contribution in [0.25, 0.3) is 11.0 Å². The highest BCUT2D eigenvalue weighted by molar-refractivity contribution is 6.01. The Morgan fingerprint density at radius 1 is 1.09 bits per heavy atom. The summed E-state index contributed by atoms with van der Waals surface area (Å²) in [6.45, 7) is 5.29. The van der Waals surface area contributed by atoms with E-state index in [4.69, 9.17) is 19.1 Å². The molecule has 2 amide bonds. The minimum Gasteiger partial charge on any atom is -0.366 e. The predicted molar refractivity (Wildman–Crippen MR) is 163 cm³/mol. The first-order valence-corrected chi connectivity index (χ1v) is 16.0. The van der Waals surface area contributed by atoms with Crippen molar-refractivity contribution in [1.82, 2.24) is 24.7 Å². The smallest absolute Gasteiger partial charge is 0.333 e. The van der Waals surface area contributed by atoms with E-state index < -0.39 is 17.8 Å². The standard InChI is InChI=1S/C33H38FN5O7/c1-21-24(14-18-37-16-12-22(13-17-37)31-25-9-8-23(34)20-27(25)45-36-31)33(43)38-15-5-6-26(32(38)35-21)44-19-4-2-3-7-30(42)46-39-28(40)10-11-29(39)41/h2,4,8-9,20,22,26H,3,5-7,10-19H2,1H3/b4-2+. The Balaban J connectivity index is 0.976. The highest BCUT2D eigenvalue weighted by Gasteiger charge is 2.33. The molecule has 0 N–H and O–H groups in total. The average Bonchev–Trinajstić information content (AvgIpc) is 3.61. The molecule has 13 heteroatoms. The van der Waals surface area contributed by atoms with Crippen molar-refractivity contribution < 1.29 is 32.9 Å². The van der Waals surface area contributed by atoms with Crippen molar-refractivity contribution in [2.75, 3.05) is 26.2 Å². The highest BCUT2D eigenvalue weighted by atomic mass is 19.1. The lowest BCUT2D eigenvalue weighted by atomic mass is 9.91.